The lowest BCUT2D eigenvalue weighted by Gasteiger charge is -2.36. The van der Waals surface area contributed by atoms with E-state index in [1.54, 1.807) is 18.2 Å². The number of nitrogens with one attached hydrogen (secondary N) is 1. The van der Waals surface area contributed by atoms with Crippen molar-refractivity contribution >= 4 is 0 Å². The summed E-state index contributed by atoms with van der Waals surface area (Å²) in [4.78, 5) is 0. The molecule has 2 aromatic carbocycles. The summed E-state index contributed by atoms with van der Waals surface area (Å²) in [5.41, 5.74) is 3.95. The van der Waals surface area contributed by atoms with Crippen LogP contribution in [0.5, 0.6) is 17.2 Å². The highest BCUT2D eigenvalue weighted by Crippen LogP contribution is 2.42. The van der Waals surface area contributed by atoms with Crippen LogP contribution in [0.4, 0.5) is 4.39 Å². The lowest BCUT2D eigenvalue weighted by molar-refractivity contribution is 0.252. The fourth-order valence-corrected chi connectivity index (χ4v) is 4.35. The Morgan fingerprint density at radius 1 is 1.19 bits per heavy atom. The maximum Gasteiger partial charge on any atom is 0.200 e. The minimum absolute atomic E-state index is 0.00814. The first kappa shape index (κ1) is 21.2. The summed E-state index contributed by atoms with van der Waals surface area (Å²) in [5.74, 6) is 0.465. The molecule has 31 heavy (non-hydrogen) atoms. The number of aromatic nitrogens is 2. The quantitative estimate of drug-likeness (QED) is 0.607. The molecule has 3 aromatic rings. The van der Waals surface area contributed by atoms with Gasteiger partial charge in [-0.05, 0) is 54.2 Å². The molecular formula is C24H28FN3O3. The predicted molar refractivity (Wildman–Crippen MR) is 116 cm³/mol. The average Bonchev–Trinajstić information content (AvgIpc) is 3.15. The molecule has 0 spiro atoms. The second-order valence-electron chi connectivity index (χ2n) is 8.77. The van der Waals surface area contributed by atoms with Gasteiger partial charge in [0.05, 0.1) is 26.1 Å². The normalized spacial score (nSPS) is 17.3. The largest absolute Gasteiger partial charge is 0.502 e. The van der Waals surface area contributed by atoms with Gasteiger partial charge in [-0.1, -0.05) is 19.9 Å². The Morgan fingerprint density at radius 3 is 2.55 bits per heavy atom. The highest BCUT2D eigenvalue weighted by Gasteiger charge is 2.35. The number of phenols is 1. The zero-order valence-electron chi connectivity index (χ0n) is 18.3. The number of nitrogens with zero attached hydrogens (tertiary/aromatic N) is 2. The van der Waals surface area contributed by atoms with Gasteiger partial charge in [0.2, 0.25) is 5.75 Å². The molecule has 4 rings (SSSR count). The first-order valence-electron chi connectivity index (χ1n) is 10.3. The van der Waals surface area contributed by atoms with E-state index in [9.17, 15) is 9.50 Å². The third-order valence-corrected chi connectivity index (χ3v) is 5.82. The summed E-state index contributed by atoms with van der Waals surface area (Å²) in [6.07, 6.45) is 3.68. The summed E-state index contributed by atoms with van der Waals surface area (Å²) in [6, 6.07) is 10.2. The van der Waals surface area contributed by atoms with Gasteiger partial charge in [-0.15, -0.1) is 0 Å². The molecule has 0 saturated carbocycles. The van der Waals surface area contributed by atoms with Crippen molar-refractivity contribution in [2.24, 2.45) is 5.41 Å². The van der Waals surface area contributed by atoms with E-state index in [1.807, 2.05) is 16.9 Å². The topological polar surface area (TPSA) is 68.5 Å². The van der Waals surface area contributed by atoms with Crippen molar-refractivity contribution in [3.63, 3.8) is 0 Å². The van der Waals surface area contributed by atoms with Crippen LogP contribution in [0, 0.1) is 11.2 Å². The van der Waals surface area contributed by atoms with Gasteiger partial charge in [-0.3, -0.25) is 0 Å². The standard InChI is InChI=1S/C24H28FN3O3/c1-24(2)11-19(26-13-15-8-21(30-3)23(29)22(9-15)31-4)18-14-27-28(20(18)12-24)17-7-5-6-16(25)10-17/h5-10,14,19,26,29H,11-13H2,1-4H3/t19-/m1/s1. The van der Waals surface area contributed by atoms with Gasteiger partial charge in [0, 0.05) is 23.8 Å². The van der Waals surface area contributed by atoms with Crippen LogP contribution in [0.3, 0.4) is 0 Å². The highest BCUT2D eigenvalue weighted by atomic mass is 19.1. The molecule has 164 valence electrons. The molecule has 0 saturated heterocycles. The fraction of sp³-hybridized carbons (Fsp3) is 0.375. The van der Waals surface area contributed by atoms with Crippen LogP contribution < -0.4 is 14.8 Å². The number of halogens is 1. The third kappa shape index (κ3) is 4.23. The Morgan fingerprint density at radius 2 is 1.90 bits per heavy atom. The fourth-order valence-electron chi connectivity index (χ4n) is 4.35. The van der Waals surface area contributed by atoms with E-state index in [1.165, 1.54) is 26.4 Å². The average molecular weight is 426 g/mol. The van der Waals surface area contributed by atoms with Crippen molar-refractivity contribution < 1.29 is 19.0 Å². The zero-order valence-corrected chi connectivity index (χ0v) is 18.3. The number of rotatable bonds is 6. The van der Waals surface area contributed by atoms with Gasteiger partial charge in [-0.25, -0.2) is 9.07 Å². The van der Waals surface area contributed by atoms with Crippen LogP contribution in [0.15, 0.2) is 42.6 Å². The second kappa shape index (κ2) is 8.23. The molecule has 0 aliphatic heterocycles. The van der Waals surface area contributed by atoms with E-state index in [2.05, 4.69) is 24.3 Å². The molecule has 1 aliphatic carbocycles. The molecular weight excluding hydrogens is 397 g/mol. The van der Waals surface area contributed by atoms with Gasteiger partial charge in [0.1, 0.15) is 5.82 Å². The number of phenolic OH excluding ortho intramolecular Hbond substituents is 1. The van der Waals surface area contributed by atoms with Gasteiger partial charge >= 0.3 is 0 Å². The van der Waals surface area contributed by atoms with E-state index < -0.39 is 0 Å². The number of benzene rings is 2. The Bertz CT molecular complexity index is 1070. The van der Waals surface area contributed by atoms with E-state index in [0.717, 1.165) is 35.3 Å². The van der Waals surface area contributed by atoms with E-state index in [0.29, 0.717) is 18.0 Å². The van der Waals surface area contributed by atoms with Crippen LogP contribution >= 0.6 is 0 Å². The van der Waals surface area contributed by atoms with Crippen LogP contribution in [-0.2, 0) is 13.0 Å². The van der Waals surface area contributed by atoms with Crippen molar-refractivity contribution in [3.05, 3.63) is 65.2 Å². The van der Waals surface area contributed by atoms with Crippen LogP contribution in [0.2, 0.25) is 0 Å². The predicted octanol–water partition coefficient (Wildman–Crippen LogP) is 4.54. The number of fused-ring (bicyclic) bond motifs is 1. The molecule has 1 heterocycles. The summed E-state index contributed by atoms with van der Waals surface area (Å²) in [7, 11) is 3.03. The van der Waals surface area contributed by atoms with Crippen LogP contribution in [-0.4, -0.2) is 29.1 Å². The molecule has 0 unspecified atom stereocenters. The zero-order chi connectivity index (χ0) is 22.2. The molecule has 1 atom stereocenters. The molecule has 0 fully saturated rings. The maximum atomic E-state index is 13.8. The molecule has 2 N–H and O–H groups in total. The first-order chi connectivity index (χ1) is 14.8. The summed E-state index contributed by atoms with van der Waals surface area (Å²) in [5, 5.41) is 18.4. The molecule has 6 nitrogen and oxygen atoms in total. The smallest absolute Gasteiger partial charge is 0.200 e. The van der Waals surface area contributed by atoms with E-state index in [-0.39, 0.29) is 23.0 Å². The summed E-state index contributed by atoms with van der Waals surface area (Å²) >= 11 is 0. The molecule has 1 aliphatic rings. The Hall–Kier alpha value is -3.06. The molecule has 1 aromatic heterocycles. The number of hydrogen-bond donors (Lipinski definition) is 2. The van der Waals surface area contributed by atoms with Crippen LogP contribution in [0.25, 0.3) is 5.69 Å². The van der Waals surface area contributed by atoms with Crippen molar-refractivity contribution in [3.8, 4) is 22.9 Å². The Balaban J connectivity index is 1.63. The Labute approximate surface area is 181 Å². The van der Waals surface area contributed by atoms with Gasteiger partial charge < -0.3 is 19.9 Å². The molecule has 7 heteroatoms. The first-order valence-corrected chi connectivity index (χ1v) is 10.3. The van der Waals surface area contributed by atoms with Crippen LogP contribution in [0.1, 0.15) is 43.1 Å². The number of methoxy groups -OCH3 is 2. The number of hydrogen-bond acceptors (Lipinski definition) is 5. The number of aromatic hydroxyl groups is 1. The molecule has 0 radical (unpaired) electrons. The summed E-state index contributed by atoms with van der Waals surface area (Å²) in [6.45, 7) is 5.04. The van der Waals surface area contributed by atoms with Gasteiger partial charge in [-0.2, -0.15) is 5.10 Å². The van der Waals surface area contributed by atoms with Crippen molar-refractivity contribution in [2.75, 3.05) is 14.2 Å². The van der Waals surface area contributed by atoms with E-state index >= 15 is 0 Å². The monoisotopic (exact) mass is 425 g/mol. The maximum absolute atomic E-state index is 13.8. The molecule has 0 amide bonds. The van der Waals surface area contributed by atoms with Crippen molar-refractivity contribution in [1.82, 2.24) is 15.1 Å². The van der Waals surface area contributed by atoms with Gasteiger partial charge in [0.15, 0.2) is 11.5 Å². The van der Waals surface area contributed by atoms with Gasteiger partial charge in [0.25, 0.3) is 0 Å². The molecule has 0 bridgehead atoms. The highest BCUT2D eigenvalue weighted by molar-refractivity contribution is 5.52. The number of ether oxygens (including phenoxy) is 2. The minimum Gasteiger partial charge on any atom is -0.502 e. The SMILES string of the molecule is COc1cc(CN[C@@H]2CC(C)(C)Cc3c2cnn3-c2cccc(F)c2)cc(OC)c1O. The minimum atomic E-state index is -0.276. The van der Waals surface area contributed by atoms with Crippen molar-refractivity contribution in [1.29, 1.82) is 0 Å². The van der Waals surface area contributed by atoms with E-state index in [4.69, 9.17) is 9.47 Å². The lowest BCUT2D eigenvalue weighted by atomic mass is 9.74. The Kier molecular flexibility index (Phi) is 5.62. The van der Waals surface area contributed by atoms with Crippen molar-refractivity contribution in [2.45, 2.75) is 39.3 Å². The summed E-state index contributed by atoms with van der Waals surface area (Å²) < 4.78 is 26.2. The third-order valence-electron chi connectivity index (χ3n) is 5.82. The second-order valence-corrected chi connectivity index (χ2v) is 8.77. The lowest BCUT2D eigenvalue weighted by Crippen LogP contribution is -2.33.